The Labute approximate surface area is 250 Å². The van der Waals surface area contributed by atoms with Crippen LogP contribution in [-0.2, 0) is 12.8 Å². The third-order valence-corrected chi connectivity index (χ3v) is 7.53. The maximum atomic E-state index is 11.6. The molecule has 0 aliphatic rings. The Morgan fingerprint density at radius 2 is 1.42 bits per heavy atom. The number of aromatic amines is 1. The number of hydrogen-bond acceptors (Lipinski definition) is 4. The Balaban J connectivity index is 1.18. The molecular formula is C37H33NO5. The van der Waals surface area contributed by atoms with E-state index >= 15 is 0 Å². The van der Waals surface area contributed by atoms with Crippen LogP contribution < -0.4 is 14.2 Å². The Bertz CT molecular complexity index is 1840. The lowest BCUT2D eigenvalue weighted by Crippen LogP contribution is -2.06. The summed E-state index contributed by atoms with van der Waals surface area (Å²) in [6, 6.07) is 38.5. The molecule has 0 saturated carbocycles. The van der Waals surface area contributed by atoms with Gasteiger partial charge in [0, 0.05) is 21.9 Å². The van der Waals surface area contributed by atoms with Gasteiger partial charge in [0.2, 0.25) is 5.88 Å². The standard InChI is InChI=1S/C37H33NO5/c39-37(40)43-36-33(21-10-24-42-34-22-7-14-27-13-4-5-18-30(27)34)32-20-8-19-31(35(32)38-36)28-15-6-11-26(25-28)12-9-23-41-29-16-2-1-3-17-29/h1-8,11,13-20,22,25,38H,9-10,12,21,23-24H2,(H,39,40). The van der Waals surface area contributed by atoms with Gasteiger partial charge in [-0.15, -0.1) is 0 Å². The zero-order valence-electron chi connectivity index (χ0n) is 23.8. The summed E-state index contributed by atoms with van der Waals surface area (Å²) in [5.74, 6) is 1.98. The minimum Gasteiger partial charge on any atom is -0.494 e. The average Bonchev–Trinajstić information content (AvgIpc) is 3.38. The molecule has 0 amide bonds. The number of carboxylic acid groups (broad SMARTS) is 1. The molecule has 6 heteroatoms. The van der Waals surface area contributed by atoms with Gasteiger partial charge in [-0.25, -0.2) is 4.79 Å². The second-order valence-electron chi connectivity index (χ2n) is 10.4. The molecule has 0 spiro atoms. The van der Waals surface area contributed by atoms with Gasteiger partial charge >= 0.3 is 6.16 Å². The van der Waals surface area contributed by atoms with E-state index in [2.05, 4.69) is 53.5 Å². The summed E-state index contributed by atoms with van der Waals surface area (Å²) in [5, 5.41) is 12.6. The number of benzene rings is 5. The van der Waals surface area contributed by atoms with Gasteiger partial charge < -0.3 is 24.3 Å². The third-order valence-electron chi connectivity index (χ3n) is 7.53. The highest BCUT2D eigenvalue weighted by molar-refractivity contribution is 5.98. The third kappa shape index (κ3) is 6.65. The molecule has 0 aliphatic carbocycles. The fourth-order valence-electron chi connectivity index (χ4n) is 5.54. The number of carbonyl (C=O) groups is 1. The smallest absolute Gasteiger partial charge is 0.494 e. The first-order valence-electron chi connectivity index (χ1n) is 14.6. The van der Waals surface area contributed by atoms with Crippen LogP contribution in [0.3, 0.4) is 0 Å². The Morgan fingerprint density at radius 1 is 0.698 bits per heavy atom. The molecule has 1 aromatic heterocycles. The van der Waals surface area contributed by atoms with E-state index < -0.39 is 6.16 Å². The summed E-state index contributed by atoms with van der Waals surface area (Å²) in [4.78, 5) is 14.8. The molecular weight excluding hydrogens is 538 g/mol. The maximum absolute atomic E-state index is 11.6. The highest BCUT2D eigenvalue weighted by Crippen LogP contribution is 2.36. The van der Waals surface area contributed by atoms with E-state index in [4.69, 9.17) is 14.2 Å². The van der Waals surface area contributed by atoms with Crippen molar-refractivity contribution in [2.24, 2.45) is 0 Å². The van der Waals surface area contributed by atoms with Crippen molar-refractivity contribution in [3.05, 3.63) is 126 Å². The van der Waals surface area contributed by atoms with Crippen molar-refractivity contribution in [3.63, 3.8) is 0 Å². The summed E-state index contributed by atoms with van der Waals surface area (Å²) >= 11 is 0. The Hall–Kier alpha value is -5.23. The van der Waals surface area contributed by atoms with Crippen LogP contribution in [0.4, 0.5) is 4.79 Å². The molecule has 6 aromatic rings. The number of hydrogen-bond donors (Lipinski definition) is 2. The van der Waals surface area contributed by atoms with E-state index in [0.29, 0.717) is 26.1 Å². The number of rotatable bonds is 12. The molecule has 2 N–H and O–H groups in total. The van der Waals surface area contributed by atoms with Crippen molar-refractivity contribution in [1.82, 2.24) is 4.98 Å². The fraction of sp³-hybridized carbons (Fsp3) is 0.162. The Morgan fingerprint density at radius 3 is 2.30 bits per heavy atom. The maximum Gasteiger partial charge on any atom is 0.512 e. The van der Waals surface area contributed by atoms with Crippen molar-refractivity contribution in [2.75, 3.05) is 13.2 Å². The van der Waals surface area contributed by atoms with E-state index in [0.717, 1.165) is 62.7 Å². The zero-order chi connectivity index (χ0) is 29.4. The highest BCUT2D eigenvalue weighted by Gasteiger charge is 2.18. The largest absolute Gasteiger partial charge is 0.512 e. The molecule has 6 nitrogen and oxygen atoms in total. The van der Waals surface area contributed by atoms with Gasteiger partial charge in [0.25, 0.3) is 0 Å². The van der Waals surface area contributed by atoms with Gasteiger partial charge in [-0.1, -0.05) is 97.1 Å². The van der Waals surface area contributed by atoms with Crippen molar-refractivity contribution >= 4 is 27.8 Å². The molecule has 5 aromatic carbocycles. The first-order valence-corrected chi connectivity index (χ1v) is 14.6. The van der Waals surface area contributed by atoms with E-state index in [1.807, 2.05) is 66.7 Å². The Kier molecular flexibility index (Phi) is 8.55. The van der Waals surface area contributed by atoms with Gasteiger partial charge in [-0.2, -0.15) is 0 Å². The highest BCUT2D eigenvalue weighted by atomic mass is 16.7. The molecule has 0 unspecified atom stereocenters. The van der Waals surface area contributed by atoms with Gasteiger partial charge in [-0.3, -0.25) is 0 Å². The summed E-state index contributed by atoms with van der Waals surface area (Å²) in [6.45, 7) is 1.13. The van der Waals surface area contributed by atoms with Crippen LogP contribution in [-0.4, -0.2) is 29.5 Å². The predicted octanol–water partition coefficient (Wildman–Crippen LogP) is 9.07. The lowest BCUT2D eigenvalue weighted by molar-refractivity contribution is 0.142. The minimum absolute atomic E-state index is 0.259. The number of H-pyrrole nitrogens is 1. The minimum atomic E-state index is -1.35. The topological polar surface area (TPSA) is 80.8 Å². The van der Waals surface area contributed by atoms with Crippen LogP contribution >= 0.6 is 0 Å². The van der Waals surface area contributed by atoms with Crippen LogP contribution in [0.5, 0.6) is 17.4 Å². The number of fused-ring (bicyclic) bond motifs is 2. The zero-order valence-corrected chi connectivity index (χ0v) is 23.8. The van der Waals surface area contributed by atoms with Gasteiger partial charge in [0.15, 0.2) is 0 Å². The lowest BCUT2D eigenvalue weighted by atomic mass is 9.98. The molecule has 216 valence electrons. The van der Waals surface area contributed by atoms with Crippen LogP contribution in [0.25, 0.3) is 32.8 Å². The van der Waals surface area contributed by atoms with Crippen molar-refractivity contribution in [3.8, 4) is 28.5 Å². The molecule has 43 heavy (non-hydrogen) atoms. The summed E-state index contributed by atoms with van der Waals surface area (Å²) < 4.78 is 17.2. The molecule has 0 atom stereocenters. The fourth-order valence-corrected chi connectivity index (χ4v) is 5.54. The summed E-state index contributed by atoms with van der Waals surface area (Å²) in [5.41, 5.74) is 4.95. The van der Waals surface area contributed by atoms with Gasteiger partial charge in [-0.05, 0) is 60.4 Å². The average molecular weight is 572 g/mol. The second-order valence-corrected chi connectivity index (χ2v) is 10.4. The van der Waals surface area contributed by atoms with Crippen molar-refractivity contribution in [1.29, 1.82) is 0 Å². The quantitative estimate of drug-likeness (QED) is 0.113. The van der Waals surface area contributed by atoms with E-state index in [1.165, 1.54) is 5.56 Å². The van der Waals surface area contributed by atoms with Crippen LogP contribution in [0.1, 0.15) is 24.0 Å². The predicted molar refractivity (Wildman–Crippen MR) is 170 cm³/mol. The molecule has 0 fully saturated rings. The molecule has 0 radical (unpaired) electrons. The molecule has 0 aliphatic heterocycles. The van der Waals surface area contributed by atoms with Gasteiger partial charge in [0.05, 0.1) is 18.7 Å². The first-order chi connectivity index (χ1) is 21.2. The number of aromatic nitrogens is 1. The number of aryl methyl sites for hydroxylation is 2. The number of ether oxygens (including phenoxy) is 3. The molecule has 0 bridgehead atoms. The van der Waals surface area contributed by atoms with Crippen LogP contribution in [0, 0.1) is 0 Å². The molecule has 6 rings (SSSR count). The lowest BCUT2D eigenvalue weighted by Gasteiger charge is -2.10. The van der Waals surface area contributed by atoms with E-state index in [-0.39, 0.29) is 5.88 Å². The second kappa shape index (κ2) is 13.2. The monoisotopic (exact) mass is 571 g/mol. The number of nitrogens with one attached hydrogen (secondary N) is 1. The van der Waals surface area contributed by atoms with Crippen molar-refractivity contribution in [2.45, 2.75) is 25.7 Å². The molecule has 1 heterocycles. The number of para-hydroxylation sites is 2. The normalized spacial score (nSPS) is 11.1. The van der Waals surface area contributed by atoms with E-state index in [9.17, 15) is 9.90 Å². The van der Waals surface area contributed by atoms with Crippen LogP contribution in [0.15, 0.2) is 115 Å². The summed E-state index contributed by atoms with van der Waals surface area (Å²) in [7, 11) is 0. The van der Waals surface area contributed by atoms with E-state index in [1.54, 1.807) is 0 Å². The van der Waals surface area contributed by atoms with Gasteiger partial charge in [0.1, 0.15) is 11.5 Å². The van der Waals surface area contributed by atoms with Crippen molar-refractivity contribution < 1.29 is 24.1 Å². The van der Waals surface area contributed by atoms with Crippen LogP contribution in [0.2, 0.25) is 0 Å². The molecule has 0 saturated heterocycles. The SMILES string of the molecule is O=C(O)Oc1[nH]c2c(-c3cccc(CCCOc4ccccc4)c3)cccc2c1CCCOc1cccc2ccccc12. The summed E-state index contributed by atoms with van der Waals surface area (Å²) in [6.07, 6.45) is 1.72. The first kappa shape index (κ1) is 27.9.